The number of hydrogen-bond donors (Lipinski definition) is 2. The van der Waals surface area contributed by atoms with Gasteiger partial charge in [-0.2, -0.15) is 0 Å². The van der Waals surface area contributed by atoms with Crippen molar-refractivity contribution >= 4 is 12.0 Å². The van der Waals surface area contributed by atoms with Gasteiger partial charge in [0.25, 0.3) is 0 Å². The number of carboxylic acids is 1. The van der Waals surface area contributed by atoms with Gasteiger partial charge in [0.05, 0.1) is 5.60 Å². The summed E-state index contributed by atoms with van der Waals surface area (Å²) in [7, 11) is 0. The number of nitrogens with zero attached hydrogens (tertiary/aromatic N) is 1. The summed E-state index contributed by atoms with van der Waals surface area (Å²) in [6.07, 6.45) is 0. The summed E-state index contributed by atoms with van der Waals surface area (Å²) in [5.74, 6) is -1.02. The van der Waals surface area contributed by atoms with Crippen molar-refractivity contribution in [3.63, 3.8) is 0 Å². The number of hydrogen-bond acceptors (Lipinski definition) is 3. The van der Waals surface area contributed by atoms with Gasteiger partial charge in [0, 0.05) is 19.7 Å². The average molecular weight is 246 g/mol. The number of likely N-dealkylation sites (N-methyl/N-ethyl adjacent to an activating group) is 1. The van der Waals surface area contributed by atoms with Gasteiger partial charge in [-0.3, -0.25) is 4.79 Å². The molecular formula is C11H22N2O4. The van der Waals surface area contributed by atoms with E-state index in [-0.39, 0.29) is 12.6 Å². The van der Waals surface area contributed by atoms with Gasteiger partial charge in [-0.1, -0.05) is 0 Å². The molecule has 0 aromatic heterocycles. The number of carbonyl (C=O) groups excluding carboxylic acids is 1. The molecule has 0 radical (unpaired) electrons. The van der Waals surface area contributed by atoms with Gasteiger partial charge < -0.3 is 20.1 Å². The molecule has 6 heteroatoms. The number of rotatable bonds is 7. The van der Waals surface area contributed by atoms with Gasteiger partial charge in [0.1, 0.15) is 6.54 Å². The molecule has 0 aliphatic rings. The number of amides is 2. The minimum absolute atomic E-state index is 0.294. The predicted octanol–water partition coefficient (Wildman–Crippen LogP) is 0.918. The van der Waals surface area contributed by atoms with Crippen molar-refractivity contribution in [3.8, 4) is 0 Å². The predicted molar refractivity (Wildman–Crippen MR) is 64.0 cm³/mol. The van der Waals surface area contributed by atoms with E-state index in [2.05, 4.69) is 5.32 Å². The van der Waals surface area contributed by atoms with E-state index in [4.69, 9.17) is 9.84 Å². The van der Waals surface area contributed by atoms with Crippen molar-refractivity contribution < 1.29 is 19.4 Å². The van der Waals surface area contributed by atoms with Crippen LogP contribution in [0.2, 0.25) is 0 Å². The lowest BCUT2D eigenvalue weighted by molar-refractivity contribution is -0.137. The van der Waals surface area contributed by atoms with Gasteiger partial charge in [-0.25, -0.2) is 4.79 Å². The minimum atomic E-state index is -1.02. The van der Waals surface area contributed by atoms with Gasteiger partial charge in [0.15, 0.2) is 0 Å². The van der Waals surface area contributed by atoms with Gasteiger partial charge in [-0.05, 0) is 27.7 Å². The van der Waals surface area contributed by atoms with E-state index in [9.17, 15) is 9.59 Å². The lowest BCUT2D eigenvalue weighted by atomic mass is 10.1. The molecule has 0 unspecified atom stereocenters. The topological polar surface area (TPSA) is 78.9 Å². The Hall–Kier alpha value is -1.30. The van der Waals surface area contributed by atoms with Crippen molar-refractivity contribution in [1.82, 2.24) is 10.2 Å². The highest BCUT2D eigenvalue weighted by Gasteiger charge is 2.21. The molecule has 0 aliphatic carbocycles. The first-order valence-corrected chi connectivity index (χ1v) is 5.71. The van der Waals surface area contributed by atoms with E-state index in [1.54, 1.807) is 6.92 Å². The zero-order valence-corrected chi connectivity index (χ0v) is 10.9. The summed E-state index contributed by atoms with van der Waals surface area (Å²) >= 11 is 0. The van der Waals surface area contributed by atoms with Crippen molar-refractivity contribution in [3.05, 3.63) is 0 Å². The highest BCUT2D eigenvalue weighted by Crippen LogP contribution is 2.06. The average Bonchev–Trinajstić information content (AvgIpc) is 2.22. The van der Waals surface area contributed by atoms with E-state index >= 15 is 0 Å². The fourth-order valence-corrected chi connectivity index (χ4v) is 1.33. The van der Waals surface area contributed by atoms with Crippen LogP contribution in [0.4, 0.5) is 4.79 Å². The largest absolute Gasteiger partial charge is 0.480 e. The maximum atomic E-state index is 11.7. The van der Waals surface area contributed by atoms with Gasteiger partial charge in [-0.15, -0.1) is 0 Å². The Balaban J connectivity index is 4.19. The summed E-state index contributed by atoms with van der Waals surface area (Å²) in [5.41, 5.74) is -0.451. The number of aliphatic carboxylic acids is 1. The maximum Gasteiger partial charge on any atom is 0.323 e. The van der Waals surface area contributed by atoms with Crippen LogP contribution < -0.4 is 5.32 Å². The second-order valence-corrected chi connectivity index (χ2v) is 4.26. The molecule has 0 heterocycles. The first-order valence-electron chi connectivity index (χ1n) is 5.71. The summed E-state index contributed by atoms with van der Waals surface area (Å²) < 4.78 is 5.42. The number of nitrogens with one attached hydrogen (secondary N) is 1. The minimum Gasteiger partial charge on any atom is -0.480 e. The molecule has 0 aliphatic heterocycles. The third kappa shape index (κ3) is 6.78. The highest BCUT2D eigenvalue weighted by molar-refractivity contribution is 5.80. The maximum absolute atomic E-state index is 11.7. The highest BCUT2D eigenvalue weighted by atomic mass is 16.5. The molecule has 0 aromatic rings. The van der Waals surface area contributed by atoms with E-state index in [1.807, 2.05) is 20.8 Å². The van der Waals surface area contributed by atoms with Crippen LogP contribution in [0.25, 0.3) is 0 Å². The van der Waals surface area contributed by atoms with Crippen LogP contribution in [-0.2, 0) is 9.53 Å². The van der Waals surface area contributed by atoms with Crippen LogP contribution in [0.5, 0.6) is 0 Å². The van der Waals surface area contributed by atoms with E-state index in [0.29, 0.717) is 19.7 Å². The second kappa shape index (κ2) is 7.11. The number of ether oxygens (including phenoxy) is 1. The van der Waals surface area contributed by atoms with Crippen molar-refractivity contribution in [2.75, 3.05) is 26.2 Å². The Morgan fingerprint density at radius 2 is 1.94 bits per heavy atom. The molecule has 100 valence electrons. The van der Waals surface area contributed by atoms with Gasteiger partial charge >= 0.3 is 12.0 Å². The zero-order chi connectivity index (χ0) is 13.5. The standard InChI is InChI=1S/C11H22N2O4/c1-5-13(7-9(14)15)10(16)12-8-11(3,4)17-6-2/h5-8H2,1-4H3,(H,12,16)(H,14,15). The SMILES string of the molecule is CCOC(C)(C)CNC(=O)N(CC)CC(=O)O. The van der Waals surface area contributed by atoms with Crippen LogP contribution >= 0.6 is 0 Å². The first-order chi connectivity index (χ1) is 7.82. The van der Waals surface area contributed by atoms with Crippen LogP contribution in [0.3, 0.4) is 0 Å². The fourth-order valence-electron chi connectivity index (χ4n) is 1.33. The molecule has 0 atom stereocenters. The van der Waals surface area contributed by atoms with Crippen LogP contribution in [0, 0.1) is 0 Å². The number of urea groups is 1. The fraction of sp³-hybridized carbons (Fsp3) is 0.818. The monoisotopic (exact) mass is 246 g/mol. The lowest BCUT2D eigenvalue weighted by Gasteiger charge is -2.27. The van der Waals surface area contributed by atoms with Crippen molar-refractivity contribution in [2.45, 2.75) is 33.3 Å². The van der Waals surface area contributed by atoms with E-state index < -0.39 is 11.6 Å². The van der Waals surface area contributed by atoms with E-state index in [0.717, 1.165) is 0 Å². The van der Waals surface area contributed by atoms with Gasteiger partial charge in [0.2, 0.25) is 0 Å². The molecule has 0 fully saturated rings. The van der Waals surface area contributed by atoms with E-state index in [1.165, 1.54) is 4.90 Å². The summed E-state index contributed by atoms with van der Waals surface area (Å²) in [6.45, 7) is 8.31. The quantitative estimate of drug-likeness (QED) is 0.700. The van der Waals surface area contributed by atoms with Crippen molar-refractivity contribution in [1.29, 1.82) is 0 Å². The Morgan fingerprint density at radius 1 is 1.35 bits per heavy atom. The number of carboxylic acid groups (broad SMARTS) is 1. The van der Waals surface area contributed by atoms with Crippen LogP contribution in [0.15, 0.2) is 0 Å². The summed E-state index contributed by atoms with van der Waals surface area (Å²) in [6, 6.07) is -0.386. The molecule has 0 saturated heterocycles. The Bertz CT molecular complexity index is 266. The normalized spacial score (nSPS) is 11.1. The van der Waals surface area contributed by atoms with Crippen LogP contribution in [-0.4, -0.2) is 53.8 Å². The second-order valence-electron chi connectivity index (χ2n) is 4.26. The first kappa shape index (κ1) is 15.7. The third-order valence-electron chi connectivity index (χ3n) is 2.20. The Labute approximate surface area is 102 Å². The Morgan fingerprint density at radius 3 is 2.35 bits per heavy atom. The molecule has 0 rings (SSSR count). The molecular weight excluding hydrogens is 224 g/mol. The van der Waals surface area contributed by atoms with Crippen LogP contribution in [0.1, 0.15) is 27.7 Å². The summed E-state index contributed by atoms with van der Waals surface area (Å²) in [5, 5.41) is 11.3. The molecule has 0 spiro atoms. The lowest BCUT2D eigenvalue weighted by Crippen LogP contribution is -2.47. The molecule has 6 nitrogen and oxygen atoms in total. The Kier molecular flexibility index (Phi) is 6.57. The summed E-state index contributed by atoms with van der Waals surface area (Å²) in [4.78, 5) is 23.4. The zero-order valence-electron chi connectivity index (χ0n) is 10.9. The number of carbonyl (C=O) groups is 2. The molecule has 17 heavy (non-hydrogen) atoms. The molecule has 0 bridgehead atoms. The third-order valence-corrected chi connectivity index (χ3v) is 2.20. The molecule has 0 aromatic carbocycles. The smallest absolute Gasteiger partial charge is 0.323 e. The molecule has 0 saturated carbocycles. The van der Waals surface area contributed by atoms with Crippen molar-refractivity contribution in [2.24, 2.45) is 0 Å². The molecule has 2 amide bonds. The molecule has 2 N–H and O–H groups in total.